The topological polar surface area (TPSA) is 81.8 Å². The highest BCUT2D eigenvalue weighted by Gasteiger charge is 2.45. The van der Waals surface area contributed by atoms with Gasteiger partial charge in [0.1, 0.15) is 6.04 Å². The molecule has 4 rings (SSSR count). The Balaban J connectivity index is 1.61. The molecule has 0 aromatic heterocycles. The van der Waals surface area contributed by atoms with Crippen molar-refractivity contribution in [3.63, 3.8) is 0 Å². The molecule has 2 aromatic rings. The van der Waals surface area contributed by atoms with Crippen LogP contribution >= 0.6 is 11.6 Å². The van der Waals surface area contributed by atoms with Crippen molar-refractivity contribution in [1.29, 1.82) is 0 Å². The van der Waals surface area contributed by atoms with E-state index in [-0.39, 0.29) is 24.4 Å². The average molecular weight is 453 g/mol. The second-order valence-corrected chi connectivity index (χ2v) is 8.71. The fraction of sp³-hybridized carbons (Fsp3) is 0.292. The number of carbonyl (C=O) groups is 3. The minimum atomic E-state index is -0.732. The van der Waals surface area contributed by atoms with Crippen LogP contribution in [-0.4, -0.2) is 47.3 Å². The molecule has 2 N–H and O–H groups in total. The van der Waals surface area contributed by atoms with E-state index < -0.39 is 12.1 Å². The Labute approximate surface area is 192 Å². The lowest BCUT2D eigenvalue weighted by Gasteiger charge is -2.31. The highest BCUT2D eigenvalue weighted by Crippen LogP contribution is 2.38. The number of halogens is 1. The molecular formula is C24H25ClN4O3. The molecule has 0 unspecified atom stereocenters. The number of rotatable bonds is 4. The third-order valence-electron chi connectivity index (χ3n) is 5.94. The number of likely N-dealkylation sites (N-methyl/N-ethyl adjacent to an activating group) is 1. The van der Waals surface area contributed by atoms with Crippen LogP contribution in [0.2, 0.25) is 5.02 Å². The third-order valence-corrected chi connectivity index (χ3v) is 6.28. The summed E-state index contributed by atoms with van der Waals surface area (Å²) in [4.78, 5) is 41.9. The van der Waals surface area contributed by atoms with Crippen molar-refractivity contribution < 1.29 is 14.4 Å². The smallest absolute Gasteiger partial charge is 0.322 e. The molecule has 8 heteroatoms. The molecular weight excluding hydrogens is 428 g/mol. The largest absolute Gasteiger partial charge is 0.326 e. The Morgan fingerprint density at radius 1 is 1.16 bits per heavy atom. The molecule has 4 amide bonds. The molecule has 0 bridgehead atoms. The van der Waals surface area contributed by atoms with Gasteiger partial charge >= 0.3 is 6.03 Å². The highest BCUT2D eigenvalue weighted by molar-refractivity contribution is 6.31. The first-order chi connectivity index (χ1) is 15.2. The van der Waals surface area contributed by atoms with E-state index in [4.69, 9.17) is 11.6 Å². The molecule has 0 radical (unpaired) electrons. The van der Waals surface area contributed by atoms with E-state index in [1.54, 1.807) is 32.2 Å². The van der Waals surface area contributed by atoms with Crippen molar-refractivity contribution in [2.24, 2.45) is 0 Å². The van der Waals surface area contributed by atoms with Crippen molar-refractivity contribution in [1.82, 2.24) is 15.1 Å². The Morgan fingerprint density at radius 2 is 1.81 bits per heavy atom. The Bertz CT molecular complexity index is 1140. The number of benzene rings is 2. The van der Waals surface area contributed by atoms with Gasteiger partial charge in [-0.05, 0) is 55.7 Å². The summed E-state index contributed by atoms with van der Waals surface area (Å²) < 4.78 is 0. The van der Waals surface area contributed by atoms with Crippen molar-refractivity contribution in [2.45, 2.75) is 32.9 Å². The normalized spacial score (nSPS) is 19.1. The second-order valence-electron chi connectivity index (χ2n) is 8.30. The van der Waals surface area contributed by atoms with Crippen LogP contribution in [-0.2, 0) is 9.59 Å². The van der Waals surface area contributed by atoms with Gasteiger partial charge < -0.3 is 15.5 Å². The zero-order valence-corrected chi connectivity index (χ0v) is 19.2. The molecule has 0 saturated carbocycles. The summed E-state index contributed by atoms with van der Waals surface area (Å²) in [5, 5.41) is 6.23. The molecule has 2 aliphatic rings. The molecule has 32 heavy (non-hydrogen) atoms. The molecule has 0 spiro atoms. The first-order valence-electron chi connectivity index (χ1n) is 10.4. The first kappa shape index (κ1) is 21.9. The number of anilines is 1. The van der Waals surface area contributed by atoms with Gasteiger partial charge in [-0.15, -0.1) is 0 Å². The minimum Gasteiger partial charge on any atom is -0.326 e. The maximum absolute atomic E-state index is 13.5. The number of nitrogens with one attached hydrogen (secondary N) is 2. The maximum Gasteiger partial charge on any atom is 0.322 e. The van der Waals surface area contributed by atoms with Crippen LogP contribution in [0.1, 0.15) is 29.7 Å². The van der Waals surface area contributed by atoms with Gasteiger partial charge in [0.2, 0.25) is 5.91 Å². The number of aryl methyl sites for hydroxylation is 2. The number of hydrogen-bond acceptors (Lipinski definition) is 3. The van der Waals surface area contributed by atoms with Gasteiger partial charge in [0.05, 0.1) is 23.9 Å². The van der Waals surface area contributed by atoms with E-state index >= 15 is 0 Å². The summed E-state index contributed by atoms with van der Waals surface area (Å²) in [5.41, 5.74) is 4.42. The van der Waals surface area contributed by atoms with Gasteiger partial charge in [-0.25, -0.2) is 4.79 Å². The SMILES string of the molecule is Cc1cc(C)cc(NC(=O)[C@H](C)N2CC3=C(C2=O)[C@H](c2ccccc2Cl)NC(=O)N3C)c1. The van der Waals surface area contributed by atoms with Crippen LogP contribution in [0, 0.1) is 13.8 Å². The van der Waals surface area contributed by atoms with Gasteiger partial charge in [-0.2, -0.15) is 0 Å². The maximum atomic E-state index is 13.5. The van der Waals surface area contributed by atoms with E-state index in [0.29, 0.717) is 27.5 Å². The van der Waals surface area contributed by atoms with E-state index in [2.05, 4.69) is 10.6 Å². The highest BCUT2D eigenvalue weighted by atomic mass is 35.5. The summed E-state index contributed by atoms with van der Waals surface area (Å²) in [6.45, 7) is 5.78. The monoisotopic (exact) mass is 452 g/mol. The van der Waals surface area contributed by atoms with Gasteiger partial charge in [0.25, 0.3) is 5.91 Å². The Hall–Kier alpha value is -3.32. The molecule has 0 fully saturated rings. The van der Waals surface area contributed by atoms with E-state index in [0.717, 1.165) is 11.1 Å². The van der Waals surface area contributed by atoms with Crippen LogP contribution in [0.3, 0.4) is 0 Å². The molecule has 166 valence electrons. The van der Waals surface area contributed by atoms with Crippen molar-refractivity contribution >= 4 is 35.1 Å². The lowest BCUT2D eigenvalue weighted by atomic mass is 9.95. The van der Waals surface area contributed by atoms with Gasteiger partial charge in [0.15, 0.2) is 0 Å². The van der Waals surface area contributed by atoms with Crippen LogP contribution in [0.5, 0.6) is 0 Å². The average Bonchev–Trinajstić information content (AvgIpc) is 3.07. The molecule has 2 aromatic carbocycles. The fourth-order valence-corrected chi connectivity index (χ4v) is 4.52. The third kappa shape index (κ3) is 3.84. The number of hydrogen-bond donors (Lipinski definition) is 2. The summed E-state index contributed by atoms with van der Waals surface area (Å²) in [5.74, 6) is -0.584. The second kappa shape index (κ2) is 8.31. The van der Waals surface area contributed by atoms with E-state index in [1.807, 2.05) is 38.1 Å². The summed E-state index contributed by atoms with van der Waals surface area (Å²) in [6.07, 6.45) is 0. The lowest BCUT2D eigenvalue weighted by molar-refractivity contribution is -0.133. The van der Waals surface area contributed by atoms with Crippen LogP contribution in [0.15, 0.2) is 53.7 Å². The molecule has 2 heterocycles. The molecule has 0 saturated heterocycles. The zero-order chi connectivity index (χ0) is 23.2. The zero-order valence-electron chi connectivity index (χ0n) is 18.4. The quantitative estimate of drug-likeness (QED) is 0.740. The van der Waals surface area contributed by atoms with Crippen molar-refractivity contribution in [3.8, 4) is 0 Å². The van der Waals surface area contributed by atoms with E-state index in [1.165, 1.54) is 9.80 Å². The number of amides is 4. The van der Waals surface area contributed by atoms with Gasteiger partial charge in [-0.3, -0.25) is 14.5 Å². The summed E-state index contributed by atoms with van der Waals surface area (Å²) in [7, 11) is 1.62. The standard InChI is InChI=1S/C24H25ClN4O3/c1-13-9-14(2)11-16(10-13)26-22(30)15(3)29-12-19-20(23(29)31)21(27-24(32)28(19)4)17-7-5-6-8-18(17)25/h5-11,15,21H,12H2,1-4H3,(H,26,30)(H,27,32)/t15-,21-/m0/s1. The lowest BCUT2D eigenvalue weighted by Crippen LogP contribution is -2.45. The number of carbonyl (C=O) groups excluding carboxylic acids is 3. The molecule has 0 aliphatic carbocycles. The van der Waals surface area contributed by atoms with Crippen molar-refractivity contribution in [2.75, 3.05) is 18.9 Å². The fourth-order valence-electron chi connectivity index (χ4n) is 4.28. The van der Waals surface area contributed by atoms with Crippen LogP contribution < -0.4 is 10.6 Å². The minimum absolute atomic E-state index is 0.167. The summed E-state index contributed by atoms with van der Waals surface area (Å²) >= 11 is 6.37. The van der Waals surface area contributed by atoms with Gasteiger partial charge in [-0.1, -0.05) is 35.9 Å². The van der Waals surface area contributed by atoms with Gasteiger partial charge in [0, 0.05) is 17.8 Å². The predicted octanol–water partition coefficient (Wildman–Crippen LogP) is 3.78. The van der Waals surface area contributed by atoms with Crippen LogP contribution in [0.4, 0.5) is 10.5 Å². The van der Waals surface area contributed by atoms with Crippen molar-refractivity contribution in [3.05, 3.63) is 75.4 Å². The first-order valence-corrected chi connectivity index (χ1v) is 10.8. The van der Waals surface area contributed by atoms with Crippen LogP contribution in [0.25, 0.3) is 0 Å². The van der Waals surface area contributed by atoms with E-state index in [9.17, 15) is 14.4 Å². The summed E-state index contributed by atoms with van der Waals surface area (Å²) in [6, 6.07) is 11.2. The molecule has 2 aliphatic heterocycles. The number of urea groups is 1. The molecule has 7 nitrogen and oxygen atoms in total. The molecule has 2 atom stereocenters. The predicted molar refractivity (Wildman–Crippen MR) is 123 cm³/mol. The Morgan fingerprint density at radius 3 is 2.47 bits per heavy atom. The number of nitrogens with zero attached hydrogens (tertiary/aromatic N) is 2. The Kier molecular flexibility index (Phi) is 5.69.